The Bertz CT molecular complexity index is 565. The van der Waals surface area contributed by atoms with Gasteiger partial charge in [-0.25, -0.2) is 4.98 Å². The number of nitrogens with one attached hydrogen (secondary N) is 1. The smallest absolute Gasteiger partial charge is 0.187 e. The van der Waals surface area contributed by atoms with Gasteiger partial charge < -0.3 is 20.1 Å². The summed E-state index contributed by atoms with van der Waals surface area (Å²) in [4.78, 5) is 6.76. The predicted molar refractivity (Wildman–Crippen MR) is 85.7 cm³/mol. The van der Waals surface area contributed by atoms with E-state index in [1.807, 2.05) is 5.38 Å². The summed E-state index contributed by atoms with van der Waals surface area (Å²) in [5.74, 6) is 0. The van der Waals surface area contributed by atoms with E-state index in [9.17, 15) is 0 Å². The lowest BCUT2D eigenvalue weighted by molar-refractivity contribution is 0.122. The normalized spacial score (nSPS) is 15.2. The highest BCUT2D eigenvalue weighted by Gasteiger charge is 2.10. The third kappa shape index (κ3) is 3.72. The van der Waals surface area contributed by atoms with Crippen LogP contribution in [-0.2, 0) is 11.2 Å². The fourth-order valence-corrected chi connectivity index (χ4v) is 3.06. The molecule has 6 heteroatoms. The minimum atomic E-state index is 0.136. The van der Waals surface area contributed by atoms with Crippen molar-refractivity contribution in [3.8, 4) is 0 Å². The van der Waals surface area contributed by atoms with Crippen LogP contribution in [0.2, 0.25) is 0 Å². The van der Waals surface area contributed by atoms with Gasteiger partial charge in [-0.05, 0) is 24.3 Å². The van der Waals surface area contributed by atoms with Crippen molar-refractivity contribution < 1.29 is 9.84 Å². The molecule has 0 amide bonds. The van der Waals surface area contributed by atoms with Gasteiger partial charge >= 0.3 is 0 Å². The van der Waals surface area contributed by atoms with Gasteiger partial charge in [0.1, 0.15) is 0 Å². The molecule has 3 rings (SSSR count). The number of aliphatic hydroxyl groups excluding tert-OH is 1. The molecule has 2 N–H and O–H groups in total. The molecule has 0 radical (unpaired) electrons. The quantitative estimate of drug-likeness (QED) is 0.887. The summed E-state index contributed by atoms with van der Waals surface area (Å²) >= 11 is 1.56. The summed E-state index contributed by atoms with van der Waals surface area (Å²) < 4.78 is 5.37. The zero-order chi connectivity index (χ0) is 14.5. The predicted octanol–water partition coefficient (Wildman–Crippen LogP) is 2.26. The lowest BCUT2D eigenvalue weighted by atomic mass is 10.2. The first kappa shape index (κ1) is 14.3. The van der Waals surface area contributed by atoms with Crippen molar-refractivity contribution in [2.45, 2.75) is 6.42 Å². The molecule has 1 aliphatic heterocycles. The summed E-state index contributed by atoms with van der Waals surface area (Å²) in [6.45, 7) is 3.63. The van der Waals surface area contributed by atoms with Crippen LogP contribution in [0, 0.1) is 0 Å². The standard InChI is InChI=1S/C15H19N3O2S/c19-8-5-13-11-21-15(17-13)16-12-1-3-14(4-2-12)18-6-9-20-10-7-18/h1-4,11,19H,5-10H2,(H,16,17). The molecule has 1 aliphatic rings. The average Bonchev–Trinajstić information content (AvgIpc) is 2.97. The minimum absolute atomic E-state index is 0.136. The van der Waals surface area contributed by atoms with Crippen LogP contribution in [0.1, 0.15) is 5.69 Å². The van der Waals surface area contributed by atoms with Gasteiger partial charge in [0, 0.05) is 42.9 Å². The van der Waals surface area contributed by atoms with E-state index in [1.54, 1.807) is 11.3 Å². The van der Waals surface area contributed by atoms with Crippen LogP contribution in [0.3, 0.4) is 0 Å². The molecule has 1 aromatic carbocycles. The molecule has 112 valence electrons. The SMILES string of the molecule is OCCc1csc(Nc2ccc(N3CCOCC3)cc2)n1. The van der Waals surface area contributed by atoms with E-state index in [0.717, 1.165) is 42.8 Å². The lowest BCUT2D eigenvalue weighted by Crippen LogP contribution is -2.36. The maximum absolute atomic E-state index is 8.90. The topological polar surface area (TPSA) is 57.6 Å². The van der Waals surface area contributed by atoms with Gasteiger partial charge in [-0.3, -0.25) is 0 Å². The summed E-state index contributed by atoms with van der Waals surface area (Å²) in [7, 11) is 0. The van der Waals surface area contributed by atoms with E-state index in [1.165, 1.54) is 5.69 Å². The van der Waals surface area contributed by atoms with E-state index in [0.29, 0.717) is 6.42 Å². The Morgan fingerprint density at radius 1 is 1.24 bits per heavy atom. The molecule has 2 aromatic rings. The van der Waals surface area contributed by atoms with Crippen molar-refractivity contribution >= 4 is 27.8 Å². The Labute approximate surface area is 128 Å². The second-order valence-electron chi connectivity index (χ2n) is 4.89. The van der Waals surface area contributed by atoms with Crippen LogP contribution in [0.5, 0.6) is 0 Å². The van der Waals surface area contributed by atoms with E-state index < -0.39 is 0 Å². The second-order valence-corrected chi connectivity index (χ2v) is 5.75. The number of rotatable bonds is 5. The highest BCUT2D eigenvalue weighted by atomic mass is 32.1. The molecule has 5 nitrogen and oxygen atoms in total. The van der Waals surface area contributed by atoms with Gasteiger partial charge in [0.05, 0.1) is 18.9 Å². The van der Waals surface area contributed by atoms with Crippen molar-refractivity contribution in [3.63, 3.8) is 0 Å². The molecule has 0 aliphatic carbocycles. The van der Waals surface area contributed by atoms with Gasteiger partial charge in [-0.1, -0.05) is 0 Å². The summed E-state index contributed by atoms with van der Waals surface area (Å²) in [6.07, 6.45) is 0.605. The molecular weight excluding hydrogens is 286 g/mol. The number of anilines is 3. The number of aliphatic hydroxyl groups is 1. The number of nitrogens with zero attached hydrogens (tertiary/aromatic N) is 2. The van der Waals surface area contributed by atoms with Gasteiger partial charge in [0.2, 0.25) is 0 Å². The van der Waals surface area contributed by atoms with Gasteiger partial charge in [-0.2, -0.15) is 0 Å². The number of ether oxygens (including phenoxy) is 1. The summed E-state index contributed by atoms with van der Waals surface area (Å²) in [5.41, 5.74) is 3.18. The highest BCUT2D eigenvalue weighted by Crippen LogP contribution is 2.24. The monoisotopic (exact) mass is 305 g/mol. The molecule has 1 aromatic heterocycles. The van der Waals surface area contributed by atoms with Crippen molar-refractivity contribution in [1.82, 2.24) is 4.98 Å². The van der Waals surface area contributed by atoms with Gasteiger partial charge in [0.25, 0.3) is 0 Å². The molecule has 0 bridgehead atoms. The fraction of sp³-hybridized carbons (Fsp3) is 0.400. The zero-order valence-electron chi connectivity index (χ0n) is 11.8. The lowest BCUT2D eigenvalue weighted by Gasteiger charge is -2.28. The third-order valence-electron chi connectivity index (χ3n) is 3.41. The summed E-state index contributed by atoms with van der Waals surface area (Å²) in [6, 6.07) is 8.38. The highest BCUT2D eigenvalue weighted by molar-refractivity contribution is 7.13. The van der Waals surface area contributed by atoms with Crippen molar-refractivity contribution in [2.75, 3.05) is 43.1 Å². The second kappa shape index (κ2) is 6.89. The Balaban J connectivity index is 1.63. The van der Waals surface area contributed by atoms with E-state index in [2.05, 4.69) is 39.5 Å². The molecule has 0 spiro atoms. The molecular formula is C15H19N3O2S. The number of hydrogen-bond donors (Lipinski definition) is 2. The Morgan fingerprint density at radius 2 is 2.00 bits per heavy atom. The van der Waals surface area contributed by atoms with Crippen molar-refractivity contribution in [2.24, 2.45) is 0 Å². The number of morpholine rings is 1. The minimum Gasteiger partial charge on any atom is -0.396 e. The molecule has 0 atom stereocenters. The molecule has 1 fully saturated rings. The van der Waals surface area contributed by atoms with E-state index >= 15 is 0 Å². The molecule has 21 heavy (non-hydrogen) atoms. The third-order valence-corrected chi connectivity index (χ3v) is 4.22. The molecule has 0 saturated carbocycles. The first-order valence-corrected chi connectivity index (χ1v) is 7.98. The van der Waals surface area contributed by atoms with Crippen LogP contribution in [0.15, 0.2) is 29.6 Å². The number of hydrogen-bond acceptors (Lipinski definition) is 6. The maximum Gasteiger partial charge on any atom is 0.187 e. The van der Waals surface area contributed by atoms with Crippen LogP contribution in [0.4, 0.5) is 16.5 Å². The van der Waals surface area contributed by atoms with Gasteiger partial charge in [-0.15, -0.1) is 11.3 Å². The zero-order valence-corrected chi connectivity index (χ0v) is 12.6. The van der Waals surface area contributed by atoms with Gasteiger partial charge in [0.15, 0.2) is 5.13 Å². The van der Waals surface area contributed by atoms with Crippen LogP contribution < -0.4 is 10.2 Å². The van der Waals surface area contributed by atoms with Crippen molar-refractivity contribution in [3.05, 3.63) is 35.3 Å². The average molecular weight is 305 g/mol. The van der Waals surface area contributed by atoms with Crippen LogP contribution in [-0.4, -0.2) is 43.0 Å². The summed E-state index contributed by atoms with van der Waals surface area (Å²) in [5, 5.41) is 15.0. The first-order valence-electron chi connectivity index (χ1n) is 7.10. The first-order chi connectivity index (χ1) is 10.3. The fourth-order valence-electron chi connectivity index (χ4n) is 2.29. The Hall–Kier alpha value is -1.63. The van der Waals surface area contributed by atoms with Crippen LogP contribution >= 0.6 is 11.3 Å². The largest absolute Gasteiger partial charge is 0.396 e. The maximum atomic E-state index is 8.90. The Kier molecular flexibility index (Phi) is 4.69. The van der Waals surface area contributed by atoms with E-state index in [4.69, 9.17) is 9.84 Å². The number of thiazole rings is 1. The number of benzene rings is 1. The molecule has 2 heterocycles. The molecule has 0 unspecified atom stereocenters. The Morgan fingerprint density at radius 3 is 2.71 bits per heavy atom. The molecule has 1 saturated heterocycles. The number of aromatic nitrogens is 1. The van der Waals surface area contributed by atoms with Crippen molar-refractivity contribution in [1.29, 1.82) is 0 Å². The van der Waals surface area contributed by atoms with Crippen LogP contribution in [0.25, 0.3) is 0 Å². The van der Waals surface area contributed by atoms with E-state index in [-0.39, 0.29) is 6.61 Å².